The van der Waals surface area contributed by atoms with Crippen LogP contribution in [-0.4, -0.2) is 23.1 Å². The number of aryl methyl sites for hydroxylation is 1. The number of anilines is 1. The lowest BCUT2D eigenvalue weighted by Gasteiger charge is -2.18. The van der Waals surface area contributed by atoms with Crippen LogP contribution in [0.25, 0.3) is 0 Å². The summed E-state index contributed by atoms with van der Waals surface area (Å²) >= 11 is 3.51. The van der Waals surface area contributed by atoms with Crippen molar-refractivity contribution < 1.29 is 0 Å². The predicted molar refractivity (Wildman–Crippen MR) is 89.7 cm³/mol. The zero-order valence-corrected chi connectivity index (χ0v) is 13.9. The summed E-state index contributed by atoms with van der Waals surface area (Å²) in [5.74, 6) is 2.60. The summed E-state index contributed by atoms with van der Waals surface area (Å²) in [6.45, 7) is 4.26. The highest BCUT2D eigenvalue weighted by molar-refractivity contribution is 9.10. The van der Waals surface area contributed by atoms with Gasteiger partial charge in [0.25, 0.3) is 0 Å². The minimum Gasteiger partial charge on any atom is -0.356 e. The van der Waals surface area contributed by atoms with E-state index in [1.807, 2.05) is 6.07 Å². The Kier molecular flexibility index (Phi) is 4.54. The topological polar surface area (TPSA) is 29.0 Å². The summed E-state index contributed by atoms with van der Waals surface area (Å²) in [6.07, 6.45) is 3.19. The fourth-order valence-corrected chi connectivity index (χ4v) is 3.32. The molecule has 1 aliphatic heterocycles. The second-order valence-corrected chi connectivity index (χ2v) is 6.37. The van der Waals surface area contributed by atoms with E-state index in [0.717, 1.165) is 42.2 Å². The highest BCUT2D eigenvalue weighted by atomic mass is 79.9. The van der Waals surface area contributed by atoms with Crippen molar-refractivity contribution in [3.8, 4) is 0 Å². The van der Waals surface area contributed by atoms with Gasteiger partial charge in [0, 0.05) is 31.5 Å². The van der Waals surface area contributed by atoms with Crippen LogP contribution in [0.15, 0.2) is 41.0 Å². The SMILES string of the molecule is CCCc1nc(Br)cc(N2CCC(c3ccccc3)C2)n1. The maximum absolute atomic E-state index is 4.72. The monoisotopic (exact) mass is 345 g/mol. The van der Waals surface area contributed by atoms with E-state index >= 15 is 0 Å². The highest BCUT2D eigenvalue weighted by Gasteiger charge is 2.25. The van der Waals surface area contributed by atoms with E-state index in [0.29, 0.717) is 5.92 Å². The summed E-state index contributed by atoms with van der Waals surface area (Å²) < 4.78 is 0.888. The van der Waals surface area contributed by atoms with Gasteiger partial charge in [0.1, 0.15) is 16.2 Å². The molecule has 3 nitrogen and oxygen atoms in total. The van der Waals surface area contributed by atoms with Gasteiger partial charge in [0.15, 0.2) is 0 Å². The Bertz CT molecular complexity index is 600. The molecule has 0 radical (unpaired) electrons. The number of halogens is 1. The lowest BCUT2D eigenvalue weighted by atomic mass is 9.99. The van der Waals surface area contributed by atoms with Gasteiger partial charge < -0.3 is 4.90 Å². The average molecular weight is 346 g/mol. The van der Waals surface area contributed by atoms with Crippen LogP contribution in [0.5, 0.6) is 0 Å². The second kappa shape index (κ2) is 6.56. The van der Waals surface area contributed by atoms with E-state index in [1.165, 1.54) is 12.0 Å². The molecular formula is C17H20BrN3. The van der Waals surface area contributed by atoms with E-state index in [4.69, 9.17) is 4.98 Å². The third-order valence-electron chi connectivity index (χ3n) is 3.98. The fourth-order valence-electron chi connectivity index (χ4n) is 2.91. The summed E-state index contributed by atoms with van der Waals surface area (Å²) in [4.78, 5) is 11.5. The van der Waals surface area contributed by atoms with Gasteiger partial charge in [0.2, 0.25) is 0 Å². The summed E-state index contributed by atoms with van der Waals surface area (Å²) in [6, 6.07) is 12.8. The van der Waals surface area contributed by atoms with E-state index in [2.05, 4.69) is 63.1 Å². The van der Waals surface area contributed by atoms with Gasteiger partial charge in [-0.3, -0.25) is 0 Å². The third kappa shape index (κ3) is 3.43. The Morgan fingerprint density at radius 2 is 2.05 bits per heavy atom. The molecule has 1 aromatic heterocycles. The molecule has 21 heavy (non-hydrogen) atoms. The minimum atomic E-state index is 0.606. The van der Waals surface area contributed by atoms with Crippen LogP contribution < -0.4 is 4.90 Å². The van der Waals surface area contributed by atoms with Crippen molar-refractivity contribution in [2.75, 3.05) is 18.0 Å². The molecule has 3 rings (SSSR count). The van der Waals surface area contributed by atoms with Crippen LogP contribution in [0.3, 0.4) is 0 Å². The van der Waals surface area contributed by atoms with Crippen molar-refractivity contribution in [1.29, 1.82) is 0 Å². The van der Waals surface area contributed by atoms with Crippen molar-refractivity contribution in [3.05, 3.63) is 52.4 Å². The molecule has 2 aromatic rings. The Hall–Kier alpha value is -1.42. The second-order valence-electron chi connectivity index (χ2n) is 5.56. The van der Waals surface area contributed by atoms with Crippen molar-refractivity contribution in [1.82, 2.24) is 9.97 Å². The molecule has 0 spiro atoms. The van der Waals surface area contributed by atoms with Crippen LogP contribution in [0.1, 0.15) is 37.1 Å². The molecule has 4 heteroatoms. The van der Waals surface area contributed by atoms with Gasteiger partial charge in [-0.05, 0) is 34.3 Å². The largest absolute Gasteiger partial charge is 0.356 e. The van der Waals surface area contributed by atoms with Gasteiger partial charge in [-0.1, -0.05) is 37.3 Å². The summed E-state index contributed by atoms with van der Waals surface area (Å²) in [5.41, 5.74) is 1.43. The molecule has 1 saturated heterocycles. The molecule has 1 fully saturated rings. The third-order valence-corrected chi connectivity index (χ3v) is 4.39. The average Bonchev–Trinajstić information content (AvgIpc) is 2.98. The minimum absolute atomic E-state index is 0.606. The molecule has 1 atom stereocenters. The first-order valence-electron chi connectivity index (χ1n) is 7.59. The van der Waals surface area contributed by atoms with Gasteiger partial charge >= 0.3 is 0 Å². The Morgan fingerprint density at radius 1 is 1.24 bits per heavy atom. The maximum Gasteiger partial charge on any atom is 0.133 e. The lowest BCUT2D eigenvalue weighted by Crippen LogP contribution is -2.21. The smallest absolute Gasteiger partial charge is 0.133 e. The first kappa shape index (κ1) is 14.5. The molecule has 110 valence electrons. The highest BCUT2D eigenvalue weighted by Crippen LogP contribution is 2.30. The number of nitrogens with zero attached hydrogens (tertiary/aromatic N) is 3. The normalized spacial score (nSPS) is 18.2. The molecule has 1 aliphatic rings. The number of hydrogen-bond acceptors (Lipinski definition) is 3. The van der Waals surface area contributed by atoms with Crippen LogP contribution in [0.4, 0.5) is 5.82 Å². The number of benzene rings is 1. The van der Waals surface area contributed by atoms with Gasteiger partial charge in [-0.15, -0.1) is 0 Å². The van der Waals surface area contributed by atoms with E-state index in [-0.39, 0.29) is 0 Å². The Balaban J connectivity index is 1.77. The Morgan fingerprint density at radius 3 is 2.81 bits per heavy atom. The predicted octanol–water partition coefficient (Wildman–Crippen LogP) is 4.19. The van der Waals surface area contributed by atoms with Crippen LogP contribution >= 0.6 is 15.9 Å². The molecule has 1 unspecified atom stereocenters. The molecule has 0 bridgehead atoms. The summed E-state index contributed by atoms with van der Waals surface area (Å²) in [7, 11) is 0. The standard InChI is InChI=1S/C17H20BrN3/c1-2-6-16-19-15(18)11-17(20-16)21-10-9-14(12-21)13-7-4-3-5-8-13/h3-5,7-8,11,14H,2,6,9-10,12H2,1H3. The van der Waals surface area contributed by atoms with Crippen molar-refractivity contribution >= 4 is 21.7 Å². The van der Waals surface area contributed by atoms with E-state index < -0.39 is 0 Å². The first-order valence-corrected chi connectivity index (χ1v) is 8.39. The molecule has 2 heterocycles. The van der Waals surface area contributed by atoms with Crippen LogP contribution in [0, 0.1) is 0 Å². The fraction of sp³-hybridized carbons (Fsp3) is 0.412. The molecular weight excluding hydrogens is 326 g/mol. The number of aromatic nitrogens is 2. The lowest BCUT2D eigenvalue weighted by molar-refractivity contribution is 0.771. The Labute approximate surface area is 134 Å². The molecule has 0 saturated carbocycles. The summed E-state index contributed by atoms with van der Waals surface area (Å²) in [5, 5.41) is 0. The van der Waals surface area contributed by atoms with Gasteiger partial charge in [-0.25, -0.2) is 9.97 Å². The zero-order valence-electron chi connectivity index (χ0n) is 12.3. The van der Waals surface area contributed by atoms with Crippen LogP contribution in [-0.2, 0) is 6.42 Å². The quantitative estimate of drug-likeness (QED) is 0.778. The first-order chi connectivity index (χ1) is 10.3. The van der Waals surface area contributed by atoms with Gasteiger partial charge in [0.05, 0.1) is 0 Å². The number of hydrogen-bond donors (Lipinski definition) is 0. The van der Waals surface area contributed by atoms with Crippen molar-refractivity contribution in [3.63, 3.8) is 0 Å². The molecule has 0 amide bonds. The number of rotatable bonds is 4. The van der Waals surface area contributed by atoms with Crippen molar-refractivity contribution in [2.45, 2.75) is 32.1 Å². The van der Waals surface area contributed by atoms with Crippen LogP contribution in [0.2, 0.25) is 0 Å². The van der Waals surface area contributed by atoms with Gasteiger partial charge in [-0.2, -0.15) is 0 Å². The van der Waals surface area contributed by atoms with Crippen molar-refractivity contribution in [2.24, 2.45) is 0 Å². The molecule has 1 aromatic carbocycles. The molecule has 0 N–H and O–H groups in total. The maximum atomic E-state index is 4.72. The van der Waals surface area contributed by atoms with E-state index in [1.54, 1.807) is 0 Å². The van der Waals surface area contributed by atoms with E-state index in [9.17, 15) is 0 Å². The molecule has 0 aliphatic carbocycles. The zero-order chi connectivity index (χ0) is 14.7.